The quantitative estimate of drug-likeness (QED) is 0.663. The number of aromatic nitrogens is 2. The molecule has 0 saturated carbocycles. The summed E-state index contributed by atoms with van der Waals surface area (Å²) in [6, 6.07) is 10.2. The minimum atomic E-state index is -0.766. The van der Waals surface area contributed by atoms with Crippen LogP contribution in [0.15, 0.2) is 47.0 Å². The Labute approximate surface area is 166 Å². The average molecular weight is 398 g/mol. The van der Waals surface area contributed by atoms with Gasteiger partial charge in [0.2, 0.25) is 11.7 Å². The second-order valence-corrected chi connectivity index (χ2v) is 7.18. The van der Waals surface area contributed by atoms with Crippen LogP contribution in [0.1, 0.15) is 35.1 Å². The molecule has 29 heavy (non-hydrogen) atoms. The van der Waals surface area contributed by atoms with Crippen LogP contribution < -0.4 is 4.90 Å². The molecule has 1 atom stereocenters. The summed E-state index contributed by atoms with van der Waals surface area (Å²) in [4.78, 5) is 20.9. The number of benzene rings is 2. The van der Waals surface area contributed by atoms with Gasteiger partial charge in [-0.15, -0.1) is 0 Å². The molecule has 0 bridgehead atoms. The van der Waals surface area contributed by atoms with Gasteiger partial charge >= 0.3 is 0 Å². The Kier molecular flexibility index (Phi) is 5.00. The number of likely N-dealkylation sites (tertiary alicyclic amines) is 1. The van der Waals surface area contributed by atoms with Crippen molar-refractivity contribution in [1.82, 2.24) is 15.0 Å². The zero-order valence-electron chi connectivity index (χ0n) is 16.1. The molecule has 0 spiro atoms. The smallest absolute Gasteiger partial charge is 0.254 e. The lowest BCUT2D eigenvalue weighted by Crippen LogP contribution is -2.30. The van der Waals surface area contributed by atoms with Gasteiger partial charge in [0.1, 0.15) is 17.7 Å². The lowest BCUT2D eigenvalue weighted by Gasteiger charge is -2.22. The van der Waals surface area contributed by atoms with Gasteiger partial charge in [-0.3, -0.25) is 4.79 Å². The van der Waals surface area contributed by atoms with Crippen molar-refractivity contribution in [3.8, 4) is 11.4 Å². The highest BCUT2D eigenvalue weighted by Gasteiger charge is 2.34. The Morgan fingerprint density at radius 1 is 1.17 bits per heavy atom. The van der Waals surface area contributed by atoms with Crippen LogP contribution in [0.2, 0.25) is 0 Å². The van der Waals surface area contributed by atoms with Crippen molar-refractivity contribution < 1.29 is 18.1 Å². The highest BCUT2D eigenvalue weighted by molar-refractivity contribution is 5.95. The number of amides is 1. The standard InChI is InChI=1S/C21H20F2N4O2/c1-26(2)15-8-5-13(6-9-15)21(28)27-11-3-4-18(27)20-24-19(25-29-20)16-10-7-14(22)12-17(16)23/h5-10,12,18H,3-4,11H2,1-2H3. The molecular weight excluding hydrogens is 378 g/mol. The van der Waals surface area contributed by atoms with E-state index in [4.69, 9.17) is 4.52 Å². The summed E-state index contributed by atoms with van der Waals surface area (Å²) in [5, 5.41) is 3.83. The molecule has 1 fully saturated rings. The zero-order valence-corrected chi connectivity index (χ0v) is 16.1. The minimum absolute atomic E-state index is 0.0344. The zero-order chi connectivity index (χ0) is 20.5. The normalized spacial score (nSPS) is 16.3. The molecule has 1 unspecified atom stereocenters. The van der Waals surface area contributed by atoms with Crippen molar-refractivity contribution in [2.45, 2.75) is 18.9 Å². The third kappa shape index (κ3) is 3.70. The predicted molar refractivity (Wildman–Crippen MR) is 103 cm³/mol. The number of nitrogens with zero attached hydrogens (tertiary/aromatic N) is 4. The first-order valence-corrected chi connectivity index (χ1v) is 9.31. The van der Waals surface area contributed by atoms with E-state index in [1.54, 1.807) is 17.0 Å². The number of rotatable bonds is 4. The Balaban J connectivity index is 1.57. The van der Waals surface area contributed by atoms with Gasteiger partial charge in [0.05, 0.1) is 5.56 Å². The van der Waals surface area contributed by atoms with Crippen LogP contribution in [0.4, 0.5) is 14.5 Å². The maximum atomic E-state index is 14.0. The molecule has 0 N–H and O–H groups in total. The summed E-state index contributed by atoms with van der Waals surface area (Å²) < 4.78 is 32.5. The fourth-order valence-electron chi connectivity index (χ4n) is 3.49. The molecule has 1 aliphatic heterocycles. The van der Waals surface area contributed by atoms with Crippen LogP contribution in [0.5, 0.6) is 0 Å². The number of carbonyl (C=O) groups excluding carboxylic acids is 1. The van der Waals surface area contributed by atoms with Gasteiger partial charge in [-0.2, -0.15) is 4.98 Å². The highest BCUT2D eigenvalue weighted by atomic mass is 19.1. The second kappa shape index (κ2) is 7.62. The maximum Gasteiger partial charge on any atom is 0.254 e. The molecule has 2 heterocycles. The van der Waals surface area contributed by atoms with Gasteiger partial charge in [-0.05, 0) is 49.2 Å². The van der Waals surface area contributed by atoms with E-state index in [-0.39, 0.29) is 29.2 Å². The maximum absolute atomic E-state index is 14.0. The van der Waals surface area contributed by atoms with Crippen LogP contribution in [0.3, 0.4) is 0 Å². The molecular formula is C21H20F2N4O2. The largest absolute Gasteiger partial charge is 0.378 e. The van der Waals surface area contributed by atoms with Crippen LogP contribution >= 0.6 is 0 Å². The van der Waals surface area contributed by atoms with Crippen molar-refractivity contribution in [2.75, 3.05) is 25.5 Å². The lowest BCUT2D eigenvalue weighted by molar-refractivity contribution is 0.0710. The predicted octanol–water partition coefficient (Wildman–Crippen LogP) is 4.06. The van der Waals surface area contributed by atoms with E-state index in [1.807, 2.05) is 31.1 Å². The van der Waals surface area contributed by atoms with Gasteiger partial charge in [0.15, 0.2) is 0 Å². The third-order valence-electron chi connectivity index (χ3n) is 5.04. The molecule has 2 aromatic carbocycles. The Bertz CT molecular complexity index is 1030. The summed E-state index contributed by atoms with van der Waals surface area (Å²) in [6.45, 7) is 0.571. The molecule has 0 aliphatic carbocycles. The van der Waals surface area contributed by atoms with E-state index in [0.29, 0.717) is 18.5 Å². The van der Waals surface area contributed by atoms with Crippen molar-refractivity contribution in [1.29, 1.82) is 0 Å². The number of anilines is 1. The third-order valence-corrected chi connectivity index (χ3v) is 5.04. The summed E-state index contributed by atoms with van der Waals surface area (Å²) in [5.41, 5.74) is 1.63. The molecule has 1 aliphatic rings. The first kappa shape index (κ1) is 19.0. The van der Waals surface area contributed by atoms with E-state index in [9.17, 15) is 13.6 Å². The average Bonchev–Trinajstić information content (AvgIpc) is 3.37. The number of carbonyl (C=O) groups is 1. The minimum Gasteiger partial charge on any atom is -0.378 e. The van der Waals surface area contributed by atoms with Crippen LogP contribution in [0.25, 0.3) is 11.4 Å². The first-order valence-electron chi connectivity index (χ1n) is 9.31. The van der Waals surface area contributed by atoms with Crippen LogP contribution in [-0.2, 0) is 0 Å². The Morgan fingerprint density at radius 2 is 1.93 bits per heavy atom. The number of hydrogen-bond acceptors (Lipinski definition) is 5. The lowest BCUT2D eigenvalue weighted by atomic mass is 10.1. The molecule has 4 rings (SSSR count). The summed E-state index contributed by atoms with van der Waals surface area (Å²) in [7, 11) is 3.87. The summed E-state index contributed by atoms with van der Waals surface area (Å²) >= 11 is 0. The fraction of sp³-hybridized carbons (Fsp3) is 0.286. The van der Waals surface area contributed by atoms with Crippen molar-refractivity contribution in [2.24, 2.45) is 0 Å². The fourth-order valence-corrected chi connectivity index (χ4v) is 3.49. The van der Waals surface area contributed by atoms with Crippen LogP contribution in [0, 0.1) is 11.6 Å². The van der Waals surface area contributed by atoms with Crippen molar-refractivity contribution in [3.05, 3.63) is 65.6 Å². The van der Waals surface area contributed by atoms with Gasteiger partial charge in [0.25, 0.3) is 5.91 Å². The molecule has 3 aromatic rings. The Morgan fingerprint density at radius 3 is 2.62 bits per heavy atom. The van der Waals surface area contributed by atoms with Crippen LogP contribution in [-0.4, -0.2) is 41.6 Å². The molecule has 1 aromatic heterocycles. The molecule has 150 valence electrons. The molecule has 8 heteroatoms. The SMILES string of the molecule is CN(C)c1ccc(C(=O)N2CCCC2c2nc(-c3ccc(F)cc3F)no2)cc1. The molecule has 6 nitrogen and oxygen atoms in total. The van der Waals surface area contributed by atoms with Gasteiger partial charge in [0, 0.05) is 38.0 Å². The van der Waals surface area contributed by atoms with E-state index in [0.717, 1.165) is 24.2 Å². The summed E-state index contributed by atoms with van der Waals surface area (Å²) in [6.07, 6.45) is 1.48. The Hall–Kier alpha value is -3.29. The van der Waals surface area contributed by atoms with E-state index in [2.05, 4.69) is 10.1 Å². The van der Waals surface area contributed by atoms with E-state index >= 15 is 0 Å². The number of halogens is 2. The van der Waals surface area contributed by atoms with E-state index < -0.39 is 11.6 Å². The van der Waals surface area contributed by atoms with Crippen molar-refractivity contribution >= 4 is 11.6 Å². The highest BCUT2D eigenvalue weighted by Crippen LogP contribution is 2.33. The topological polar surface area (TPSA) is 62.5 Å². The second-order valence-electron chi connectivity index (χ2n) is 7.18. The first-order chi connectivity index (χ1) is 13.9. The van der Waals surface area contributed by atoms with Gasteiger partial charge in [-0.25, -0.2) is 8.78 Å². The van der Waals surface area contributed by atoms with Gasteiger partial charge in [-0.1, -0.05) is 5.16 Å². The number of hydrogen-bond donors (Lipinski definition) is 0. The van der Waals surface area contributed by atoms with Gasteiger partial charge < -0.3 is 14.3 Å². The monoisotopic (exact) mass is 398 g/mol. The molecule has 1 amide bonds. The summed E-state index contributed by atoms with van der Waals surface area (Å²) in [5.74, 6) is -1.28. The molecule has 1 saturated heterocycles. The van der Waals surface area contributed by atoms with E-state index in [1.165, 1.54) is 6.07 Å². The van der Waals surface area contributed by atoms with Crippen molar-refractivity contribution in [3.63, 3.8) is 0 Å². The molecule has 0 radical (unpaired) electrons.